The van der Waals surface area contributed by atoms with Crippen LogP contribution in [0.4, 0.5) is 19.6 Å². The van der Waals surface area contributed by atoms with Crippen molar-refractivity contribution in [2.75, 3.05) is 23.3 Å². The third kappa shape index (κ3) is 4.40. The van der Waals surface area contributed by atoms with Gasteiger partial charge in [-0.15, -0.1) is 10.2 Å². The van der Waals surface area contributed by atoms with Crippen molar-refractivity contribution in [2.24, 2.45) is 0 Å². The largest absolute Gasteiger partial charge is 0.387 e. The molecule has 180 valence electrons. The number of hydrogen-bond acceptors (Lipinski definition) is 9. The van der Waals surface area contributed by atoms with Crippen LogP contribution in [-0.4, -0.2) is 61.1 Å². The zero-order chi connectivity index (χ0) is 24.7. The fourth-order valence-corrected chi connectivity index (χ4v) is 4.89. The second-order valence-corrected chi connectivity index (χ2v) is 9.66. The lowest BCUT2D eigenvalue weighted by Gasteiger charge is -2.35. The maximum Gasteiger partial charge on any atom is 0.290 e. The number of nitrogens with zero attached hydrogens (tertiary/aromatic N) is 7. The van der Waals surface area contributed by atoms with Crippen molar-refractivity contribution in [3.8, 4) is 28.0 Å². The minimum Gasteiger partial charge on any atom is -0.387 e. The summed E-state index contributed by atoms with van der Waals surface area (Å²) < 4.78 is 29.8. The van der Waals surface area contributed by atoms with Crippen LogP contribution in [0.3, 0.4) is 0 Å². The molecule has 2 N–H and O–H groups in total. The smallest absolute Gasteiger partial charge is 0.290 e. The summed E-state index contributed by atoms with van der Waals surface area (Å²) >= 11 is 1.21. The molecule has 1 aliphatic heterocycles. The number of rotatable bonds is 5. The molecule has 35 heavy (non-hydrogen) atoms. The average molecular weight is 497 g/mol. The van der Waals surface area contributed by atoms with Gasteiger partial charge in [0.05, 0.1) is 40.8 Å². The van der Waals surface area contributed by atoms with Crippen molar-refractivity contribution in [3.63, 3.8) is 0 Å². The Morgan fingerprint density at radius 1 is 1.26 bits per heavy atom. The first-order valence-electron chi connectivity index (χ1n) is 11.0. The maximum atomic E-state index is 14.0. The molecule has 0 saturated carbocycles. The molecule has 0 bridgehead atoms. The number of hydrogen-bond donors (Lipinski definition) is 2. The molecule has 4 aromatic heterocycles. The van der Waals surface area contributed by atoms with E-state index in [0.717, 1.165) is 16.9 Å². The van der Waals surface area contributed by atoms with Crippen LogP contribution < -0.4 is 10.2 Å². The molecule has 4 aromatic rings. The van der Waals surface area contributed by atoms with Crippen molar-refractivity contribution in [1.82, 2.24) is 24.8 Å². The molecule has 12 heteroatoms. The third-order valence-corrected chi connectivity index (χ3v) is 6.73. The van der Waals surface area contributed by atoms with E-state index in [0.29, 0.717) is 27.0 Å². The number of fused-ring (bicyclic) bond motifs is 1. The first-order valence-corrected chi connectivity index (χ1v) is 11.9. The summed E-state index contributed by atoms with van der Waals surface area (Å²) in [4.78, 5) is 6.08. The van der Waals surface area contributed by atoms with Crippen molar-refractivity contribution in [2.45, 2.75) is 38.3 Å². The molecule has 1 atom stereocenters. The van der Waals surface area contributed by atoms with E-state index >= 15 is 0 Å². The number of alkyl halides is 2. The Bertz CT molecular complexity index is 1430. The van der Waals surface area contributed by atoms with Crippen LogP contribution >= 0.6 is 11.3 Å². The number of piperidine rings is 1. The fourth-order valence-electron chi connectivity index (χ4n) is 3.99. The Kier molecular flexibility index (Phi) is 5.82. The van der Waals surface area contributed by atoms with Crippen molar-refractivity contribution in [1.29, 1.82) is 5.26 Å². The maximum absolute atomic E-state index is 14.0. The molecule has 0 aliphatic carbocycles. The number of aromatic nitrogens is 5. The molecule has 0 amide bonds. The molecule has 5 rings (SSSR count). The van der Waals surface area contributed by atoms with Gasteiger partial charge in [-0.1, -0.05) is 11.3 Å². The SMILES string of the molecule is CC(C)Nc1cc(-c2ccc3cc(C#N)cnn23)ncc1-c1nnc(N2CCC(O)C(F)(F)C2)s1. The number of pyridine rings is 1. The van der Waals surface area contributed by atoms with Crippen molar-refractivity contribution < 1.29 is 13.9 Å². The predicted octanol–water partition coefficient (Wildman–Crippen LogP) is 3.81. The van der Waals surface area contributed by atoms with Crippen molar-refractivity contribution in [3.05, 3.63) is 42.2 Å². The molecule has 0 aromatic carbocycles. The average Bonchev–Trinajstić information content (AvgIpc) is 3.47. The van der Waals surface area contributed by atoms with Crippen LogP contribution in [-0.2, 0) is 0 Å². The summed E-state index contributed by atoms with van der Waals surface area (Å²) in [7, 11) is 0. The van der Waals surface area contributed by atoms with Gasteiger partial charge in [0.1, 0.15) is 12.2 Å². The molecule has 0 radical (unpaired) electrons. The number of aliphatic hydroxyl groups is 1. The van der Waals surface area contributed by atoms with Gasteiger partial charge in [-0.3, -0.25) is 4.98 Å². The van der Waals surface area contributed by atoms with Gasteiger partial charge in [-0.05, 0) is 44.5 Å². The van der Waals surface area contributed by atoms with Gasteiger partial charge >= 0.3 is 0 Å². The van der Waals surface area contributed by atoms with Gasteiger partial charge in [0, 0.05) is 24.5 Å². The first-order chi connectivity index (χ1) is 16.7. The van der Waals surface area contributed by atoms with Crippen LogP contribution in [0.25, 0.3) is 27.5 Å². The predicted molar refractivity (Wildman–Crippen MR) is 129 cm³/mol. The molecule has 1 unspecified atom stereocenters. The van der Waals surface area contributed by atoms with Crippen LogP contribution in [0.2, 0.25) is 0 Å². The Hall–Kier alpha value is -3.69. The van der Waals surface area contributed by atoms with Crippen LogP contribution in [0, 0.1) is 11.3 Å². The molecular weight excluding hydrogens is 474 g/mol. The zero-order valence-corrected chi connectivity index (χ0v) is 19.8. The topological polar surface area (TPSA) is 115 Å². The van der Waals surface area contributed by atoms with Gasteiger partial charge in [-0.25, -0.2) is 13.3 Å². The van der Waals surface area contributed by atoms with E-state index in [2.05, 4.69) is 31.7 Å². The minimum atomic E-state index is -3.19. The minimum absolute atomic E-state index is 0.0342. The highest BCUT2D eigenvalue weighted by molar-refractivity contribution is 7.18. The second kappa shape index (κ2) is 8.83. The van der Waals surface area contributed by atoms with E-state index < -0.39 is 18.6 Å². The molecule has 1 saturated heterocycles. The van der Waals surface area contributed by atoms with E-state index in [4.69, 9.17) is 5.26 Å². The summed E-state index contributed by atoms with van der Waals surface area (Å²) in [5.41, 5.74) is 4.16. The summed E-state index contributed by atoms with van der Waals surface area (Å²) in [5, 5.41) is 35.8. The van der Waals surface area contributed by atoms with Gasteiger partial charge in [0.15, 0.2) is 5.01 Å². The second-order valence-electron chi connectivity index (χ2n) is 8.70. The van der Waals surface area contributed by atoms with Crippen LogP contribution in [0.1, 0.15) is 25.8 Å². The third-order valence-electron chi connectivity index (χ3n) is 5.72. The number of halogens is 2. The van der Waals surface area contributed by atoms with Crippen molar-refractivity contribution >= 4 is 27.7 Å². The Morgan fingerprint density at radius 2 is 2.09 bits per heavy atom. The highest BCUT2D eigenvalue weighted by atomic mass is 32.1. The van der Waals surface area contributed by atoms with E-state index in [9.17, 15) is 13.9 Å². The monoisotopic (exact) mass is 496 g/mol. The molecule has 5 heterocycles. The Labute approximate surface area is 203 Å². The van der Waals surface area contributed by atoms with Gasteiger partial charge in [0.25, 0.3) is 5.92 Å². The molecule has 1 fully saturated rings. The van der Waals surface area contributed by atoms with Gasteiger partial charge in [-0.2, -0.15) is 10.4 Å². The van der Waals surface area contributed by atoms with E-state index in [1.807, 2.05) is 32.0 Å². The number of aliphatic hydroxyl groups excluding tert-OH is 1. The Balaban J connectivity index is 1.50. The number of nitriles is 1. The zero-order valence-electron chi connectivity index (χ0n) is 19.0. The van der Waals surface area contributed by atoms with Crippen LogP contribution in [0.5, 0.6) is 0 Å². The summed E-state index contributed by atoms with van der Waals surface area (Å²) in [6.45, 7) is 3.70. The summed E-state index contributed by atoms with van der Waals surface area (Å²) in [6.07, 6.45) is 1.51. The normalized spacial score (nSPS) is 17.6. The van der Waals surface area contributed by atoms with Gasteiger partial charge in [0.2, 0.25) is 5.13 Å². The highest BCUT2D eigenvalue weighted by Crippen LogP contribution is 2.38. The van der Waals surface area contributed by atoms with Gasteiger partial charge < -0.3 is 15.3 Å². The Morgan fingerprint density at radius 3 is 2.83 bits per heavy atom. The molecule has 1 aliphatic rings. The first kappa shape index (κ1) is 23.1. The standard InChI is InChI=1S/C23H22F2N8OS/c1-13(2)29-17-8-18(19-4-3-15-7-14(9-26)10-28-33(15)19)27-11-16(17)21-30-31-22(35-21)32-6-5-20(34)23(24,25)12-32/h3-4,7-8,10-11,13,20,34H,5-6,12H2,1-2H3,(H,27,29). The van der Waals surface area contributed by atoms with E-state index in [-0.39, 0.29) is 19.0 Å². The summed E-state index contributed by atoms with van der Waals surface area (Å²) in [5.74, 6) is -3.19. The molecular formula is C23H22F2N8OS. The summed E-state index contributed by atoms with van der Waals surface area (Å²) in [6, 6.07) is 9.60. The van der Waals surface area contributed by atoms with E-state index in [1.165, 1.54) is 22.4 Å². The highest BCUT2D eigenvalue weighted by Gasteiger charge is 2.44. The lowest BCUT2D eigenvalue weighted by molar-refractivity contribution is -0.113. The number of anilines is 2. The number of nitrogens with one attached hydrogen (secondary N) is 1. The lowest BCUT2D eigenvalue weighted by atomic mass is 10.0. The molecule has 9 nitrogen and oxygen atoms in total. The molecule has 0 spiro atoms. The fraction of sp³-hybridized carbons (Fsp3) is 0.348. The van der Waals surface area contributed by atoms with E-state index in [1.54, 1.807) is 16.8 Å². The quantitative estimate of drug-likeness (QED) is 0.429. The lowest BCUT2D eigenvalue weighted by Crippen LogP contribution is -2.51. The van der Waals surface area contributed by atoms with Crippen LogP contribution in [0.15, 0.2) is 36.7 Å².